The number of ether oxygens (including phenoxy) is 1. The summed E-state index contributed by atoms with van der Waals surface area (Å²) in [6.07, 6.45) is 8.49. The molecule has 1 heterocycles. The Hall–Kier alpha value is -0.610. The van der Waals surface area contributed by atoms with Crippen molar-refractivity contribution in [3.63, 3.8) is 0 Å². The molecule has 4 heteroatoms. The van der Waals surface area contributed by atoms with Crippen molar-refractivity contribution in [3.8, 4) is 0 Å². The second-order valence-corrected chi connectivity index (χ2v) is 6.21. The highest BCUT2D eigenvalue weighted by Gasteiger charge is 2.14. The summed E-state index contributed by atoms with van der Waals surface area (Å²) in [7, 11) is 0. The molecule has 0 aromatic rings. The van der Waals surface area contributed by atoms with E-state index in [4.69, 9.17) is 4.74 Å². The fourth-order valence-electron chi connectivity index (χ4n) is 2.47. The van der Waals surface area contributed by atoms with Crippen LogP contribution in [0.4, 0.5) is 0 Å². The number of unbranched alkanes of at least 4 members (excludes halogenated alkanes) is 3. The Bertz CT molecular complexity index is 251. The van der Waals surface area contributed by atoms with E-state index in [-0.39, 0.29) is 18.6 Å². The molecule has 1 aliphatic heterocycles. The molecular formula is C16H32N2O2. The minimum atomic E-state index is 0.0331. The highest BCUT2D eigenvalue weighted by atomic mass is 16.5. The number of hydrogen-bond donors (Lipinski definition) is 2. The van der Waals surface area contributed by atoms with Gasteiger partial charge in [-0.3, -0.25) is 4.79 Å². The van der Waals surface area contributed by atoms with Gasteiger partial charge in [0, 0.05) is 6.54 Å². The highest BCUT2D eigenvalue weighted by Crippen LogP contribution is 2.09. The van der Waals surface area contributed by atoms with E-state index >= 15 is 0 Å². The van der Waals surface area contributed by atoms with E-state index < -0.39 is 0 Å². The lowest BCUT2D eigenvalue weighted by Crippen LogP contribution is -2.36. The van der Waals surface area contributed by atoms with E-state index in [2.05, 4.69) is 24.5 Å². The first-order chi connectivity index (χ1) is 9.68. The number of amides is 1. The summed E-state index contributed by atoms with van der Waals surface area (Å²) in [5.74, 6) is 0.840. The summed E-state index contributed by atoms with van der Waals surface area (Å²) in [6, 6.07) is 0. The number of carbonyl (C=O) groups is 1. The molecule has 1 aliphatic rings. The van der Waals surface area contributed by atoms with Gasteiger partial charge in [0.2, 0.25) is 5.91 Å². The van der Waals surface area contributed by atoms with Crippen LogP contribution in [-0.2, 0) is 9.53 Å². The zero-order valence-corrected chi connectivity index (χ0v) is 13.2. The second-order valence-electron chi connectivity index (χ2n) is 6.21. The molecule has 4 nitrogen and oxygen atoms in total. The van der Waals surface area contributed by atoms with Gasteiger partial charge in [-0.05, 0) is 38.3 Å². The maximum absolute atomic E-state index is 11.6. The predicted molar refractivity (Wildman–Crippen MR) is 82.8 cm³/mol. The Kier molecular flexibility index (Phi) is 9.67. The molecule has 0 saturated carbocycles. The van der Waals surface area contributed by atoms with E-state index in [9.17, 15) is 4.79 Å². The average Bonchev–Trinajstić information content (AvgIpc) is 2.45. The Morgan fingerprint density at radius 1 is 1.20 bits per heavy atom. The van der Waals surface area contributed by atoms with Crippen molar-refractivity contribution in [1.29, 1.82) is 0 Å². The van der Waals surface area contributed by atoms with Crippen LogP contribution >= 0.6 is 0 Å². The molecule has 1 amide bonds. The third-order valence-electron chi connectivity index (χ3n) is 3.77. The molecule has 1 saturated heterocycles. The van der Waals surface area contributed by atoms with Gasteiger partial charge < -0.3 is 15.4 Å². The van der Waals surface area contributed by atoms with Crippen LogP contribution in [0.3, 0.4) is 0 Å². The molecule has 20 heavy (non-hydrogen) atoms. The molecule has 0 spiro atoms. The molecular weight excluding hydrogens is 252 g/mol. The summed E-state index contributed by atoms with van der Waals surface area (Å²) in [5, 5.41) is 6.23. The van der Waals surface area contributed by atoms with Crippen LogP contribution in [0.1, 0.15) is 58.8 Å². The first-order valence-corrected chi connectivity index (χ1v) is 8.27. The average molecular weight is 284 g/mol. The zero-order valence-electron chi connectivity index (χ0n) is 13.2. The summed E-state index contributed by atoms with van der Waals surface area (Å²) in [6.45, 7) is 7.55. The van der Waals surface area contributed by atoms with Crippen molar-refractivity contribution in [2.75, 3.05) is 26.2 Å². The van der Waals surface area contributed by atoms with Gasteiger partial charge in [0.15, 0.2) is 0 Å². The van der Waals surface area contributed by atoms with Crippen molar-refractivity contribution < 1.29 is 9.53 Å². The molecule has 0 radical (unpaired) electrons. The van der Waals surface area contributed by atoms with Gasteiger partial charge in [0.25, 0.3) is 0 Å². The van der Waals surface area contributed by atoms with Crippen LogP contribution in [0.25, 0.3) is 0 Å². The van der Waals surface area contributed by atoms with Gasteiger partial charge in [-0.1, -0.05) is 39.5 Å². The highest BCUT2D eigenvalue weighted by molar-refractivity contribution is 5.77. The number of rotatable bonds is 10. The Morgan fingerprint density at radius 3 is 2.60 bits per heavy atom. The van der Waals surface area contributed by atoms with Crippen LogP contribution in [0.15, 0.2) is 0 Å². The van der Waals surface area contributed by atoms with Gasteiger partial charge in [-0.15, -0.1) is 0 Å². The summed E-state index contributed by atoms with van der Waals surface area (Å²) in [4.78, 5) is 11.6. The lowest BCUT2D eigenvalue weighted by atomic mass is 10.0. The largest absolute Gasteiger partial charge is 0.368 e. The predicted octanol–water partition coefficient (Wildman–Crippen LogP) is 2.48. The summed E-state index contributed by atoms with van der Waals surface area (Å²) >= 11 is 0. The number of nitrogens with one attached hydrogen (secondary N) is 2. The lowest BCUT2D eigenvalue weighted by molar-refractivity contribution is -0.128. The third-order valence-corrected chi connectivity index (χ3v) is 3.77. The van der Waals surface area contributed by atoms with Gasteiger partial charge in [-0.25, -0.2) is 0 Å². The number of hydrogen-bond acceptors (Lipinski definition) is 3. The summed E-state index contributed by atoms with van der Waals surface area (Å²) < 4.78 is 5.61. The van der Waals surface area contributed by atoms with Gasteiger partial charge >= 0.3 is 0 Å². The van der Waals surface area contributed by atoms with Crippen LogP contribution in [0, 0.1) is 5.92 Å². The van der Waals surface area contributed by atoms with Gasteiger partial charge in [-0.2, -0.15) is 0 Å². The molecule has 0 unspecified atom stereocenters. The smallest absolute Gasteiger partial charge is 0.246 e. The third kappa shape index (κ3) is 9.32. The first kappa shape index (κ1) is 17.4. The molecule has 0 atom stereocenters. The minimum absolute atomic E-state index is 0.0331. The van der Waals surface area contributed by atoms with E-state index in [1.54, 1.807) is 0 Å². The van der Waals surface area contributed by atoms with Crippen LogP contribution in [-0.4, -0.2) is 38.3 Å². The molecule has 118 valence electrons. The first-order valence-electron chi connectivity index (χ1n) is 8.27. The maximum atomic E-state index is 11.6. The van der Waals surface area contributed by atoms with E-state index in [1.165, 1.54) is 25.7 Å². The number of carbonyl (C=O) groups excluding carboxylic acids is 1. The van der Waals surface area contributed by atoms with Crippen LogP contribution in [0.2, 0.25) is 0 Å². The van der Waals surface area contributed by atoms with E-state index in [1.807, 2.05) is 0 Å². The molecule has 0 bridgehead atoms. The standard InChI is InChI=1S/C16H32N2O2/c1-14(2)7-5-3-4-6-10-18-16(19)13-20-15-8-11-17-12-9-15/h14-15,17H,3-13H2,1-2H3,(H,18,19). The fourth-order valence-corrected chi connectivity index (χ4v) is 2.47. The van der Waals surface area contributed by atoms with Crippen molar-refractivity contribution in [2.24, 2.45) is 5.92 Å². The van der Waals surface area contributed by atoms with Crippen molar-refractivity contribution in [2.45, 2.75) is 64.9 Å². The molecule has 1 fully saturated rings. The van der Waals surface area contributed by atoms with Crippen LogP contribution in [0.5, 0.6) is 0 Å². The molecule has 0 aliphatic carbocycles. The normalized spacial score (nSPS) is 16.6. The van der Waals surface area contributed by atoms with Gasteiger partial charge in [0.05, 0.1) is 6.10 Å². The van der Waals surface area contributed by atoms with Gasteiger partial charge in [0.1, 0.15) is 6.61 Å². The molecule has 0 aromatic carbocycles. The Morgan fingerprint density at radius 2 is 1.90 bits per heavy atom. The Balaban J connectivity index is 1.87. The summed E-state index contributed by atoms with van der Waals surface area (Å²) in [5.41, 5.74) is 0. The number of piperidine rings is 1. The monoisotopic (exact) mass is 284 g/mol. The van der Waals surface area contributed by atoms with Crippen LogP contribution < -0.4 is 10.6 Å². The van der Waals surface area contributed by atoms with E-state index in [0.717, 1.165) is 44.8 Å². The fraction of sp³-hybridized carbons (Fsp3) is 0.938. The van der Waals surface area contributed by atoms with Crippen molar-refractivity contribution >= 4 is 5.91 Å². The molecule has 1 rings (SSSR count). The molecule has 2 N–H and O–H groups in total. The van der Waals surface area contributed by atoms with E-state index in [0.29, 0.717) is 0 Å². The van der Waals surface area contributed by atoms with Crippen molar-refractivity contribution in [1.82, 2.24) is 10.6 Å². The SMILES string of the molecule is CC(C)CCCCCCNC(=O)COC1CCNCC1. The Labute approximate surface area is 124 Å². The molecule has 0 aromatic heterocycles. The topological polar surface area (TPSA) is 50.4 Å². The quantitative estimate of drug-likeness (QED) is 0.606. The second kappa shape index (κ2) is 11.1. The van der Waals surface area contributed by atoms with Crippen molar-refractivity contribution in [3.05, 3.63) is 0 Å². The maximum Gasteiger partial charge on any atom is 0.246 e. The zero-order chi connectivity index (χ0) is 14.6. The minimum Gasteiger partial charge on any atom is -0.368 e. The lowest BCUT2D eigenvalue weighted by Gasteiger charge is -2.22.